The van der Waals surface area contributed by atoms with Crippen LogP contribution in [0.15, 0.2) is 42.5 Å². The third-order valence-corrected chi connectivity index (χ3v) is 7.62. The maximum absolute atomic E-state index is 4.27. The first-order valence-electron chi connectivity index (χ1n) is 12.5. The van der Waals surface area contributed by atoms with Gasteiger partial charge < -0.3 is 0 Å². The Morgan fingerprint density at radius 1 is 0.839 bits per heavy atom. The summed E-state index contributed by atoms with van der Waals surface area (Å²) in [6.07, 6.45) is 7.80. The molecule has 0 heteroatoms. The van der Waals surface area contributed by atoms with Crippen molar-refractivity contribution in [3.63, 3.8) is 0 Å². The van der Waals surface area contributed by atoms with Crippen molar-refractivity contribution in [2.75, 3.05) is 0 Å². The van der Waals surface area contributed by atoms with E-state index in [9.17, 15) is 0 Å². The molecule has 0 spiro atoms. The number of benzene rings is 2. The highest BCUT2D eigenvalue weighted by Crippen LogP contribution is 2.35. The van der Waals surface area contributed by atoms with E-state index in [2.05, 4.69) is 92.3 Å². The van der Waals surface area contributed by atoms with Crippen LogP contribution in [0, 0.1) is 17.8 Å². The van der Waals surface area contributed by atoms with E-state index in [-0.39, 0.29) is 0 Å². The molecule has 0 amide bonds. The van der Waals surface area contributed by atoms with Crippen LogP contribution in [0.5, 0.6) is 0 Å². The molecule has 0 bridgehead atoms. The summed E-state index contributed by atoms with van der Waals surface area (Å²) < 4.78 is 0. The predicted molar refractivity (Wildman–Crippen MR) is 143 cm³/mol. The Hall–Kier alpha value is -1.82. The highest BCUT2D eigenvalue weighted by molar-refractivity contribution is 6.02. The second-order valence-electron chi connectivity index (χ2n) is 10.3. The fourth-order valence-corrected chi connectivity index (χ4v) is 4.64. The summed E-state index contributed by atoms with van der Waals surface area (Å²) in [6, 6.07) is 11.5. The zero-order chi connectivity index (χ0) is 23.1. The number of rotatable bonds is 11. The lowest BCUT2D eigenvalue weighted by Gasteiger charge is -2.20. The molecule has 0 nitrogen and oxygen atoms in total. The molecule has 0 heterocycles. The molecule has 0 fully saturated rings. The molecular weight excluding hydrogens is 372 g/mol. The quantitative estimate of drug-likeness (QED) is 0.340. The molecule has 0 aliphatic heterocycles. The SMILES string of the molecule is C=C(C)c1ccc(CCCC(C)CCC(C)C(C)CC)c2cccc(C(C)=C(C)C)c12. The molecule has 0 saturated heterocycles. The minimum Gasteiger partial charge on any atom is -0.0955 e. The van der Waals surface area contributed by atoms with E-state index in [0.717, 1.165) is 29.7 Å². The summed E-state index contributed by atoms with van der Waals surface area (Å²) in [4.78, 5) is 0. The van der Waals surface area contributed by atoms with Gasteiger partial charge in [-0.25, -0.2) is 0 Å². The number of hydrogen-bond acceptors (Lipinski definition) is 0. The average Bonchev–Trinajstić information content (AvgIpc) is 2.75. The van der Waals surface area contributed by atoms with Gasteiger partial charge in [0, 0.05) is 0 Å². The van der Waals surface area contributed by atoms with E-state index in [0.29, 0.717) is 0 Å². The zero-order valence-corrected chi connectivity index (χ0v) is 21.6. The fourth-order valence-electron chi connectivity index (χ4n) is 4.64. The van der Waals surface area contributed by atoms with E-state index in [1.54, 1.807) is 0 Å². The van der Waals surface area contributed by atoms with E-state index < -0.39 is 0 Å². The lowest BCUT2D eigenvalue weighted by molar-refractivity contribution is 0.317. The van der Waals surface area contributed by atoms with Crippen LogP contribution in [0.3, 0.4) is 0 Å². The van der Waals surface area contributed by atoms with Crippen molar-refractivity contribution in [2.45, 2.75) is 93.9 Å². The Morgan fingerprint density at radius 3 is 2.16 bits per heavy atom. The molecule has 2 aromatic carbocycles. The molecule has 2 rings (SSSR count). The summed E-state index contributed by atoms with van der Waals surface area (Å²) in [6.45, 7) is 22.7. The van der Waals surface area contributed by atoms with E-state index in [1.165, 1.54) is 70.7 Å². The number of allylic oxidation sites excluding steroid dienone is 3. The largest absolute Gasteiger partial charge is 0.0955 e. The van der Waals surface area contributed by atoms with Crippen LogP contribution in [0.4, 0.5) is 0 Å². The molecule has 0 N–H and O–H groups in total. The molecule has 0 radical (unpaired) electrons. The first kappa shape index (κ1) is 25.4. The molecule has 2 aromatic rings. The van der Waals surface area contributed by atoms with Crippen LogP contribution in [-0.2, 0) is 6.42 Å². The van der Waals surface area contributed by atoms with Gasteiger partial charge in [-0.15, -0.1) is 0 Å². The summed E-state index contributed by atoms with van der Waals surface area (Å²) in [7, 11) is 0. The lowest BCUT2D eigenvalue weighted by Crippen LogP contribution is -2.08. The second-order valence-corrected chi connectivity index (χ2v) is 10.3. The summed E-state index contributed by atoms with van der Waals surface area (Å²) in [5.41, 5.74) is 8.06. The Balaban J connectivity index is 2.19. The topological polar surface area (TPSA) is 0 Å². The minimum absolute atomic E-state index is 0.816. The molecule has 0 saturated carbocycles. The molecule has 31 heavy (non-hydrogen) atoms. The van der Waals surface area contributed by atoms with Gasteiger partial charge in [-0.2, -0.15) is 0 Å². The summed E-state index contributed by atoms with van der Waals surface area (Å²) >= 11 is 0. The summed E-state index contributed by atoms with van der Waals surface area (Å²) in [5, 5.41) is 2.80. The van der Waals surface area contributed by atoms with Crippen molar-refractivity contribution in [1.82, 2.24) is 0 Å². The normalized spacial score (nSPS) is 14.3. The van der Waals surface area contributed by atoms with E-state index in [1.807, 2.05) is 0 Å². The lowest BCUT2D eigenvalue weighted by atomic mass is 9.85. The van der Waals surface area contributed by atoms with Crippen LogP contribution >= 0.6 is 0 Å². The van der Waals surface area contributed by atoms with E-state index in [4.69, 9.17) is 0 Å². The highest BCUT2D eigenvalue weighted by Gasteiger charge is 2.14. The third kappa shape index (κ3) is 6.58. The van der Waals surface area contributed by atoms with Crippen molar-refractivity contribution in [3.05, 3.63) is 59.2 Å². The Kier molecular flexibility index (Phi) is 9.60. The smallest absolute Gasteiger partial charge is 0.00310 e. The summed E-state index contributed by atoms with van der Waals surface area (Å²) in [5.74, 6) is 2.52. The number of aryl methyl sites for hydroxylation is 1. The van der Waals surface area contributed by atoms with Gasteiger partial charge in [0.25, 0.3) is 0 Å². The van der Waals surface area contributed by atoms with Crippen LogP contribution < -0.4 is 0 Å². The van der Waals surface area contributed by atoms with Crippen LogP contribution in [-0.4, -0.2) is 0 Å². The van der Waals surface area contributed by atoms with Gasteiger partial charge in [-0.05, 0) is 91.3 Å². The van der Waals surface area contributed by atoms with E-state index >= 15 is 0 Å². The Labute approximate surface area is 192 Å². The highest BCUT2D eigenvalue weighted by atomic mass is 14.2. The second kappa shape index (κ2) is 11.7. The van der Waals surface area contributed by atoms with Crippen molar-refractivity contribution in [1.29, 1.82) is 0 Å². The maximum atomic E-state index is 4.27. The number of fused-ring (bicyclic) bond motifs is 1. The molecule has 3 unspecified atom stereocenters. The van der Waals surface area contributed by atoms with Crippen LogP contribution in [0.25, 0.3) is 21.9 Å². The van der Waals surface area contributed by atoms with Gasteiger partial charge in [-0.1, -0.05) is 101 Å². The molecule has 170 valence electrons. The fraction of sp³-hybridized carbons (Fsp3) is 0.548. The maximum Gasteiger partial charge on any atom is -0.00310 e. The number of hydrogen-bond donors (Lipinski definition) is 0. The van der Waals surface area contributed by atoms with Gasteiger partial charge in [0.15, 0.2) is 0 Å². The average molecular weight is 419 g/mol. The van der Waals surface area contributed by atoms with Crippen molar-refractivity contribution < 1.29 is 0 Å². The van der Waals surface area contributed by atoms with Gasteiger partial charge in [-0.3, -0.25) is 0 Å². The van der Waals surface area contributed by atoms with Gasteiger partial charge >= 0.3 is 0 Å². The van der Waals surface area contributed by atoms with Crippen molar-refractivity contribution >= 4 is 21.9 Å². The first-order valence-corrected chi connectivity index (χ1v) is 12.5. The molecule has 0 aliphatic rings. The van der Waals surface area contributed by atoms with Gasteiger partial charge in [0.1, 0.15) is 0 Å². The Bertz CT molecular complexity index is 907. The van der Waals surface area contributed by atoms with Crippen LogP contribution in [0.2, 0.25) is 0 Å². The van der Waals surface area contributed by atoms with Crippen molar-refractivity contribution in [3.8, 4) is 0 Å². The molecular formula is C31H46. The monoisotopic (exact) mass is 418 g/mol. The zero-order valence-electron chi connectivity index (χ0n) is 21.6. The third-order valence-electron chi connectivity index (χ3n) is 7.62. The molecule has 0 aromatic heterocycles. The minimum atomic E-state index is 0.816. The van der Waals surface area contributed by atoms with Gasteiger partial charge in [0.05, 0.1) is 0 Å². The predicted octanol–water partition coefficient (Wildman–Crippen LogP) is 10.1. The van der Waals surface area contributed by atoms with Crippen LogP contribution in [0.1, 0.15) is 104 Å². The van der Waals surface area contributed by atoms with Crippen molar-refractivity contribution in [2.24, 2.45) is 17.8 Å². The molecule has 0 aliphatic carbocycles. The Morgan fingerprint density at radius 2 is 1.55 bits per heavy atom. The van der Waals surface area contributed by atoms with Gasteiger partial charge in [0.2, 0.25) is 0 Å². The first-order chi connectivity index (χ1) is 14.7. The standard InChI is InChI=1S/C31H46/c1-10-24(7)25(8)18-17-23(6)13-11-14-27-19-20-28(22(4)5)31-29(26(9)21(2)3)15-12-16-30(27)31/h12,15-16,19-20,23-25H,4,10-11,13-14,17-18H2,1-3,5-9H3. The molecule has 3 atom stereocenters.